The van der Waals surface area contributed by atoms with E-state index in [0.717, 1.165) is 16.2 Å². The Kier molecular flexibility index (Phi) is 1.95. The summed E-state index contributed by atoms with van der Waals surface area (Å²) in [4.78, 5) is 11.2. The highest BCUT2D eigenvalue weighted by atomic mass is 16.4. The van der Waals surface area contributed by atoms with Crippen LogP contribution in [0.5, 0.6) is 5.75 Å². The summed E-state index contributed by atoms with van der Waals surface area (Å²) in [6.45, 7) is 1.44. The average molecular weight is 226 g/mol. The predicted molar refractivity (Wildman–Crippen MR) is 65.4 cm³/mol. The maximum atomic E-state index is 11.2. The average Bonchev–Trinajstić information content (AvgIpc) is 2.74. The normalized spacial score (nSPS) is 11.1. The Bertz CT molecular complexity index is 738. The lowest BCUT2D eigenvalue weighted by molar-refractivity contribution is 0.0989. The molecule has 84 valence electrons. The number of ketones is 1. The summed E-state index contributed by atoms with van der Waals surface area (Å²) in [5.74, 6) is 0.209. The van der Waals surface area contributed by atoms with E-state index in [2.05, 4.69) is 0 Å². The lowest BCUT2D eigenvalue weighted by Gasteiger charge is -2.00. The summed E-state index contributed by atoms with van der Waals surface area (Å²) >= 11 is 0. The fraction of sp³-hybridized carbons (Fsp3) is 0.0714. The van der Waals surface area contributed by atoms with Crippen LogP contribution in [0.15, 0.2) is 40.8 Å². The van der Waals surface area contributed by atoms with Crippen LogP contribution < -0.4 is 0 Å². The van der Waals surface area contributed by atoms with E-state index in [9.17, 15) is 9.90 Å². The first kappa shape index (κ1) is 9.90. The Morgan fingerprint density at radius 1 is 1.18 bits per heavy atom. The molecule has 0 aliphatic rings. The highest BCUT2D eigenvalue weighted by Gasteiger charge is 2.13. The van der Waals surface area contributed by atoms with E-state index in [1.54, 1.807) is 6.07 Å². The molecule has 3 rings (SSSR count). The molecule has 0 unspecified atom stereocenters. The summed E-state index contributed by atoms with van der Waals surface area (Å²) in [5.41, 5.74) is 0.369. The van der Waals surface area contributed by atoms with Crippen LogP contribution in [-0.2, 0) is 0 Å². The van der Waals surface area contributed by atoms with Gasteiger partial charge in [0.25, 0.3) is 0 Å². The smallest absolute Gasteiger partial charge is 0.194 e. The molecule has 0 aliphatic heterocycles. The number of hydrogen-bond acceptors (Lipinski definition) is 3. The van der Waals surface area contributed by atoms with Gasteiger partial charge in [-0.1, -0.05) is 24.3 Å². The third kappa shape index (κ3) is 1.40. The molecule has 0 saturated heterocycles. The third-order valence-electron chi connectivity index (χ3n) is 2.85. The second-order valence-electron chi connectivity index (χ2n) is 4.03. The van der Waals surface area contributed by atoms with Gasteiger partial charge in [0.2, 0.25) is 0 Å². The van der Waals surface area contributed by atoms with Gasteiger partial charge in [0.15, 0.2) is 22.9 Å². The van der Waals surface area contributed by atoms with Gasteiger partial charge in [-0.15, -0.1) is 0 Å². The van der Waals surface area contributed by atoms with Crippen LogP contribution in [0, 0.1) is 0 Å². The number of Topliss-reactive ketones (excluding diaryl/α,β-unsaturated/α-hetero) is 1. The molecular formula is C14H10O3. The summed E-state index contributed by atoms with van der Waals surface area (Å²) in [6, 6.07) is 11.0. The molecule has 3 nitrogen and oxygen atoms in total. The number of phenolic OH excluding ortho intramolecular Hbond substituents is 1. The Hall–Kier alpha value is -2.29. The van der Waals surface area contributed by atoms with Crippen LogP contribution in [0.2, 0.25) is 0 Å². The molecule has 0 amide bonds. The van der Waals surface area contributed by atoms with Crippen molar-refractivity contribution in [3.05, 3.63) is 42.2 Å². The number of furan rings is 1. The highest BCUT2D eigenvalue weighted by Crippen LogP contribution is 2.35. The minimum atomic E-state index is -0.148. The van der Waals surface area contributed by atoms with Crippen LogP contribution >= 0.6 is 0 Å². The Morgan fingerprint density at radius 3 is 2.71 bits per heavy atom. The largest absolute Gasteiger partial charge is 0.504 e. The van der Waals surface area contributed by atoms with E-state index < -0.39 is 0 Å². The minimum Gasteiger partial charge on any atom is -0.504 e. The number of fused-ring (bicyclic) bond motifs is 2. The van der Waals surface area contributed by atoms with Crippen LogP contribution in [0.4, 0.5) is 0 Å². The second-order valence-corrected chi connectivity index (χ2v) is 4.03. The van der Waals surface area contributed by atoms with Gasteiger partial charge in [-0.25, -0.2) is 0 Å². The molecule has 1 N–H and O–H groups in total. The zero-order valence-corrected chi connectivity index (χ0v) is 9.23. The van der Waals surface area contributed by atoms with E-state index in [1.807, 2.05) is 30.3 Å². The first-order valence-electron chi connectivity index (χ1n) is 5.32. The summed E-state index contributed by atoms with van der Waals surface area (Å²) in [5, 5.41) is 12.5. The molecule has 0 aliphatic carbocycles. The van der Waals surface area contributed by atoms with E-state index in [1.165, 1.54) is 6.92 Å². The number of carbonyl (C=O) groups excluding carboxylic acids is 1. The van der Waals surface area contributed by atoms with Crippen molar-refractivity contribution in [1.29, 1.82) is 0 Å². The van der Waals surface area contributed by atoms with E-state index >= 15 is 0 Å². The quantitative estimate of drug-likeness (QED) is 0.646. The summed E-state index contributed by atoms with van der Waals surface area (Å²) < 4.78 is 5.37. The molecule has 3 heteroatoms. The third-order valence-corrected chi connectivity index (χ3v) is 2.85. The van der Waals surface area contributed by atoms with Crippen LogP contribution in [0.1, 0.15) is 17.5 Å². The maximum Gasteiger partial charge on any atom is 0.194 e. The molecule has 2 aromatic carbocycles. The zero-order chi connectivity index (χ0) is 12.0. The maximum absolute atomic E-state index is 11.2. The number of benzene rings is 2. The number of hydrogen-bond donors (Lipinski definition) is 1. The lowest BCUT2D eigenvalue weighted by atomic mass is 10.1. The molecular weight excluding hydrogens is 216 g/mol. The number of carbonyl (C=O) groups is 1. The van der Waals surface area contributed by atoms with Crippen molar-refractivity contribution in [2.24, 2.45) is 0 Å². The number of aromatic hydroxyl groups is 1. The Labute approximate surface area is 97.3 Å². The standard InChI is InChI=1S/C14H10O3/c1-8(15)12-7-10-6-9-4-2-3-5-11(9)13(16)14(10)17-12/h2-7,16H,1H3. The topological polar surface area (TPSA) is 50.4 Å². The van der Waals surface area contributed by atoms with Crippen molar-refractivity contribution >= 4 is 27.5 Å². The van der Waals surface area contributed by atoms with Gasteiger partial charge in [-0.05, 0) is 17.5 Å². The van der Waals surface area contributed by atoms with Crippen molar-refractivity contribution < 1.29 is 14.3 Å². The first-order chi connectivity index (χ1) is 8.16. The lowest BCUT2D eigenvalue weighted by Crippen LogP contribution is -1.85. The molecule has 1 aromatic heterocycles. The molecule has 0 spiro atoms. The van der Waals surface area contributed by atoms with Gasteiger partial charge in [-0.2, -0.15) is 0 Å². The molecule has 0 bridgehead atoms. The fourth-order valence-corrected chi connectivity index (χ4v) is 2.00. The molecule has 0 fully saturated rings. The number of rotatable bonds is 1. The summed E-state index contributed by atoms with van der Waals surface area (Å²) in [7, 11) is 0. The monoisotopic (exact) mass is 226 g/mol. The molecule has 1 heterocycles. The predicted octanol–water partition coefficient (Wildman–Crippen LogP) is 3.49. The van der Waals surface area contributed by atoms with Crippen LogP contribution in [-0.4, -0.2) is 10.9 Å². The van der Waals surface area contributed by atoms with Gasteiger partial charge >= 0.3 is 0 Å². The fourth-order valence-electron chi connectivity index (χ4n) is 2.00. The van der Waals surface area contributed by atoms with Crippen molar-refractivity contribution in [3.63, 3.8) is 0 Å². The van der Waals surface area contributed by atoms with Gasteiger partial charge < -0.3 is 9.52 Å². The van der Waals surface area contributed by atoms with Crippen molar-refractivity contribution in [2.45, 2.75) is 6.92 Å². The van der Waals surface area contributed by atoms with Gasteiger partial charge in [0.05, 0.1) is 0 Å². The second kappa shape index (κ2) is 3.35. The molecule has 0 atom stereocenters. The van der Waals surface area contributed by atoms with Crippen LogP contribution in [0.3, 0.4) is 0 Å². The molecule has 3 aromatic rings. The van der Waals surface area contributed by atoms with E-state index in [-0.39, 0.29) is 17.3 Å². The minimum absolute atomic E-state index is 0.0885. The summed E-state index contributed by atoms with van der Waals surface area (Å²) in [6.07, 6.45) is 0. The zero-order valence-electron chi connectivity index (χ0n) is 9.23. The Morgan fingerprint density at radius 2 is 1.94 bits per heavy atom. The Balaban J connectivity index is 2.46. The van der Waals surface area contributed by atoms with Crippen molar-refractivity contribution in [2.75, 3.05) is 0 Å². The SMILES string of the molecule is CC(=O)c1cc2cc3ccccc3c(O)c2o1. The van der Waals surface area contributed by atoms with Crippen molar-refractivity contribution in [3.8, 4) is 5.75 Å². The van der Waals surface area contributed by atoms with Crippen molar-refractivity contribution in [1.82, 2.24) is 0 Å². The van der Waals surface area contributed by atoms with Gasteiger partial charge in [0, 0.05) is 17.7 Å². The van der Waals surface area contributed by atoms with E-state index in [4.69, 9.17) is 4.42 Å². The van der Waals surface area contributed by atoms with E-state index in [0.29, 0.717) is 5.58 Å². The number of phenols is 1. The molecule has 17 heavy (non-hydrogen) atoms. The first-order valence-corrected chi connectivity index (χ1v) is 5.32. The van der Waals surface area contributed by atoms with Gasteiger partial charge in [-0.3, -0.25) is 4.79 Å². The molecule has 0 saturated carbocycles. The van der Waals surface area contributed by atoms with Crippen LogP contribution in [0.25, 0.3) is 21.7 Å². The molecule has 0 radical (unpaired) electrons. The van der Waals surface area contributed by atoms with Gasteiger partial charge in [0.1, 0.15) is 0 Å². The highest BCUT2D eigenvalue weighted by molar-refractivity contribution is 6.05.